The maximum Gasteiger partial charge on any atom is 0.320 e. The number of hydrogen-bond donors (Lipinski definition) is 2. The average Bonchev–Trinajstić information content (AvgIpc) is 2.55. The Morgan fingerprint density at radius 2 is 1.65 bits per heavy atom. The minimum Gasteiger partial charge on any atom is -0.480 e. The Balaban J connectivity index is 2.09. The monoisotopic (exact) mass is 314 g/mol. The van der Waals surface area contributed by atoms with Crippen molar-refractivity contribution in [3.05, 3.63) is 60.2 Å². The molecule has 0 aliphatic carbocycles. The van der Waals surface area contributed by atoms with E-state index in [4.69, 9.17) is 10.8 Å². The standard InChI is InChI=1S/C17H22N4O2/c1-13(16(18)17(22)23)10-21(11-14-6-2-4-8-19-14)12-15-7-3-5-9-20-15/h2-9,13,16H,10-12,18H2,1H3,(H,22,23). The second-order valence-electron chi connectivity index (χ2n) is 5.65. The molecule has 2 unspecified atom stereocenters. The normalized spacial score (nSPS) is 13.7. The van der Waals surface area contributed by atoms with Gasteiger partial charge in [-0.3, -0.25) is 19.7 Å². The number of nitrogens with two attached hydrogens (primary N) is 1. The van der Waals surface area contributed by atoms with Gasteiger partial charge in [-0.25, -0.2) is 0 Å². The van der Waals surface area contributed by atoms with E-state index in [1.54, 1.807) is 12.4 Å². The Morgan fingerprint density at radius 3 is 2.04 bits per heavy atom. The van der Waals surface area contributed by atoms with E-state index in [1.165, 1.54) is 0 Å². The molecule has 3 N–H and O–H groups in total. The molecule has 23 heavy (non-hydrogen) atoms. The summed E-state index contributed by atoms with van der Waals surface area (Å²) in [6.45, 7) is 3.64. The van der Waals surface area contributed by atoms with E-state index in [1.807, 2.05) is 43.3 Å². The van der Waals surface area contributed by atoms with E-state index in [0.717, 1.165) is 11.4 Å². The Bertz CT molecular complexity index is 565. The van der Waals surface area contributed by atoms with Gasteiger partial charge in [-0.2, -0.15) is 0 Å². The Morgan fingerprint density at radius 1 is 1.13 bits per heavy atom. The smallest absolute Gasteiger partial charge is 0.320 e. The van der Waals surface area contributed by atoms with Crippen molar-refractivity contribution in [2.75, 3.05) is 6.54 Å². The Hall–Kier alpha value is -2.31. The van der Waals surface area contributed by atoms with Gasteiger partial charge in [-0.05, 0) is 30.2 Å². The van der Waals surface area contributed by atoms with E-state index in [-0.39, 0.29) is 5.92 Å². The van der Waals surface area contributed by atoms with Gasteiger partial charge < -0.3 is 10.8 Å². The summed E-state index contributed by atoms with van der Waals surface area (Å²) in [5.74, 6) is -1.16. The van der Waals surface area contributed by atoms with Gasteiger partial charge in [0.25, 0.3) is 0 Å². The molecule has 0 aromatic carbocycles. The molecule has 0 radical (unpaired) electrons. The number of pyridine rings is 2. The molecule has 2 atom stereocenters. The molecule has 0 bridgehead atoms. The van der Waals surface area contributed by atoms with Gasteiger partial charge in [-0.15, -0.1) is 0 Å². The molecule has 2 rings (SSSR count). The quantitative estimate of drug-likeness (QED) is 0.767. The molecule has 0 amide bonds. The molecule has 2 aromatic rings. The molecule has 0 saturated heterocycles. The third kappa shape index (κ3) is 5.43. The number of aromatic nitrogens is 2. The van der Waals surface area contributed by atoms with Crippen LogP contribution in [0, 0.1) is 5.92 Å². The number of carboxylic acid groups (broad SMARTS) is 1. The second kappa shape index (κ2) is 8.36. The van der Waals surface area contributed by atoms with E-state index in [0.29, 0.717) is 19.6 Å². The van der Waals surface area contributed by atoms with Crippen molar-refractivity contribution in [3.63, 3.8) is 0 Å². The Labute approximate surface area is 136 Å². The van der Waals surface area contributed by atoms with Crippen LogP contribution in [0.2, 0.25) is 0 Å². The van der Waals surface area contributed by atoms with E-state index in [9.17, 15) is 4.79 Å². The zero-order chi connectivity index (χ0) is 16.7. The summed E-state index contributed by atoms with van der Waals surface area (Å²) in [5.41, 5.74) is 7.60. The lowest BCUT2D eigenvalue weighted by atomic mass is 10.0. The maximum atomic E-state index is 11.1. The summed E-state index contributed by atoms with van der Waals surface area (Å²) in [7, 11) is 0. The molecule has 0 aliphatic heterocycles. The van der Waals surface area contributed by atoms with Crippen LogP contribution in [0.3, 0.4) is 0 Å². The number of aliphatic carboxylic acids is 1. The lowest BCUT2D eigenvalue weighted by Crippen LogP contribution is -2.42. The molecule has 0 saturated carbocycles. The van der Waals surface area contributed by atoms with Gasteiger partial charge in [0.2, 0.25) is 0 Å². The molecule has 122 valence electrons. The fourth-order valence-electron chi connectivity index (χ4n) is 2.39. The lowest BCUT2D eigenvalue weighted by molar-refractivity contribution is -0.139. The van der Waals surface area contributed by atoms with Crippen LogP contribution in [0.25, 0.3) is 0 Å². The van der Waals surface area contributed by atoms with Crippen LogP contribution < -0.4 is 5.73 Å². The first kappa shape index (κ1) is 17.1. The highest BCUT2D eigenvalue weighted by atomic mass is 16.4. The van der Waals surface area contributed by atoms with Crippen LogP contribution >= 0.6 is 0 Å². The minimum atomic E-state index is -0.979. The van der Waals surface area contributed by atoms with Gasteiger partial charge in [-0.1, -0.05) is 19.1 Å². The number of carboxylic acids is 1. The van der Waals surface area contributed by atoms with E-state index in [2.05, 4.69) is 14.9 Å². The fourth-order valence-corrected chi connectivity index (χ4v) is 2.39. The van der Waals surface area contributed by atoms with Gasteiger partial charge in [0.15, 0.2) is 0 Å². The molecule has 0 fully saturated rings. The minimum absolute atomic E-state index is 0.181. The number of nitrogens with zero attached hydrogens (tertiary/aromatic N) is 3. The lowest BCUT2D eigenvalue weighted by Gasteiger charge is -2.26. The van der Waals surface area contributed by atoms with Crippen LogP contribution in [-0.4, -0.2) is 38.5 Å². The topological polar surface area (TPSA) is 92.3 Å². The molecule has 2 aromatic heterocycles. The predicted molar refractivity (Wildman–Crippen MR) is 87.4 cm³/mol. The third-order valence-electron chi connectivity index (χ3n) is 3.67. The van der Waals surface area contributed by atoms with Crippen LogP contribution in [0.4, 0.5) is 0 Å². The van der Waals surface area contributed by atoms with Crippen LogP contribution in [0.15, 0.2) is 48.8 Å². The highest BCUT2D eigenvalue weighted by molar-refractivity contribution is 5.73. The van der Waals surface area contributed by atoms with Crippen molar-refractivity contribution in [1.82, 2.24) is 14.9 Å². The molecule has 6 heteroatoms. The maximum absolute atomic E-state index is 11.1. The molecular weight excluding hydrogens is 292 g/mol. The van der Waals surface area contributed by atoms with Crippen LogP contribution in [-0.2, 0) is 17.9 Å². The average molecular weight is 314 g/mol. The summed E-state index contributed by atoms with van der Waals surface area (Å²) >= 11 is 0. The molecule has 0 spiro atoms. The highest BCUT2D eigenvalue weighted by Crippen LogP contribution is 2.11. The van der Waals surface area contributed by atoms with Gasteiger partial charge in [0.1, 0.15) is 6.04 Å². The first-order valence-electron chi connectivity index (χ1n) is 7.57. The molecular formula is C17H22N4O2. The van der Waals surface area contributed by atoms with Crippen LogP contribution in [0.5, 0.6) is 0 Å². The summed E-state index contributed by atoms with van der Waals surface area (Å²) < 4.78 is 0. The van der Waals surface area contributed by atoms with Gasteiger partial charge >= 0.3 is 5.97 Å². The fraction of sp³-hybridized carbons (Fsp3) is 0.353. The zero-order valence-corrected chi connectivity index (χ0v) is 13.2. The molecule has 2 heterocycles. The summed E-state index contributed by atoms with van der Waals surface area (Å²) in [6, 6.07) is 10.6. The Kier molecular flexibility index (Phi) is 6.19. The predicted octanol–water partition coefficient (Wildman–Crippen LogP) is 1.53. The van der Waals surface area contributed by atoms with Gasteiger partial charge in [0, 0.05) is 32.0 Å². The number of rotatable bonds is 8. The number of hydrogen-bond acceptors (Lipinski definition) is 5. The largest absolute Gasteiger partial charge is 0.480 e. The SMILES string of the molecule is CC(CN(Cc1ccccn1)Cc1ccccn1)C(N)C(=O)O. The van der Waals surface area contributed by atoms with Gasteiger partial charge in [0.05, 0.1) is 11.4 Å². The van der Waals surface area contributed by atoms with E-state index < -0.39 is 12.0 Å². The van der Waals surface area contributed by atoms with Crippen LogP contribution in [0.1, 0.15) is 18.3 Å². The summed E-state index contributed by atoms with van der Waals surface area (Å²) in [4.78, 5) is 21.9. The highest BCUT2D eigenvalue weighted by Gasteiger charge is 2.23. The van der Waals surface area contributed by atoms with Crippen molar-refractivity contribution < 1.29 is 9.90 Å². The molecule has 0 aliphatic rings. The second-order valence-corrected chi connectivity index (χ2v) is 5.65. The number of carbonyl (C=O) groups is 1. The third-order valence-corrected chi connectivity index (χ3v) is 3.67. The van der Waals surface area contributed by atoms with E-state index >= 15 is 0 Å². The first-order valence-corrected chi connectivity index (χ1v) is 7.57. The zero-order valence-electron chi connectivity index (χ0n) is 13.2. The molecule has 6 nitrogen and oxygen atoms in total. The summed E-state index contributed by atoms with van der Waals surface area (Å²) in [5, 5.41) is 9.08. The van der Waals surface area contributed by atoms with Crippen molar-refractivity contribution in [2.24, 2.45) is 11.7 Å². The van der Waals surface area contributed by atoms with Crippen molar-refractivity contribution >= 4 is 5.97 Å². The first-order chi connectivity index (χ1) is 11.1. The van der Waals surface area contributed by atoms with Crippen molar-refractivity contribution in [3.8, 4) is 0 Å². The summed E-state index contributed by atoms with van der Waals surface area (Å²) in [6.07, 6.45) is 3.50. The van der Waals surface area contributed by atoms with Crippen molar-refractivity contribution in [2.45, 2.75) is 26.1 Å². The van der Waals surface area contributed by atoms with Crippen molar-refractivity contribution in [1.29, 1.82) is 0 Å².